The summed E-state index contributed by atoms with van der Waals surface area (Å²) in [7, 11) is 0. The highest BCUT2D eigenvalue weighted by Gasteiger charge is 2.14. The lowest BCUT2D eigenvalue weighted by Gasteiger charge is -2.30. The van der Waals surface area contributed by atoms with Gasteiger partial charge in [-0.15, -0.1) is 11.3 Å². The van der Waals surface area contributed by atoms with Gasteiger partial charge in [-0.2, -0.15) is 0 Å². The Hall–Kier alpha value is -2.04. The number of hydrogen-bond acceptors (Lipinski definition) is 4. The normalized spacial score (nSPS) is 14.6. The number of likely N-dealkylation sites (tertiary alicyclic amines) is 1. The average Bonchev–Trinajstić information content (AvgIpc) is 3.09. The largest absolute Gasteiger partial charge is 0.299 e. The fourth-order valence-corrected chi connectivity index (χ4v) is 4.14. The topological polar surface area (TPSA) is 29.0 Å². The molecule has 134 valence electrons. The van der Waals surface area contributed by atoms with Gasteiger partial charge in [-0.3, -0.25) is 9.88 Å². The van der Waals surface area contributed by atoms with E-state index in [1.807, 2.05) is 12.4 Å². The van der Waals surface area contributed by atoms with Crippen LogP contribution < -0.4 is 0 Å². The number of hydrogen-bond donors (Lipinski definition) is 0. The van der Waals surface area contributed by atoms with E-state index in [-0.39, 0.29) is 0 Å². The number of aromatic nitrogens is 2. The summed E-state index contributed by atoms with van der Waals surface area (Å²) in [6, 6.07) is 13.1. The molecule has 0 aliphatic carbocycles. The fourth-order valence-electron chi connectivity index (χ4n) is 3.24. The van der Waals surface area contributed by atoms with E-state index < -0.39 is 0 Å². The van der Waals surface area contributed by atoms with Gasteiger partial charge < -0.3 is 0 Å². The summed E-state index contributed by atoms with van der Waals surface area (Å²) in [6.07, 6.45) is 6.36. The Morgan fingerprint density at radius 2 is 1.73 bits per heavy atom. The lowest BCUT2D eigenvalue weighted by molar-refractivity contribution is 0.172. The zero-order valence-electron chi connectivity index (χ0n) is 15.5. The van der Waals surface area contributed by atoms with E-state index in [2.05, 4.69) is 65.1 Å². The van der Waals surface area contributed by atoms with Crippen molar-refractivity contribution in [3.05, 3.63) is 59.9 Å². The van der Waals surface area contributed by atoms with Crippen LogP contribution in [0.5, 0.6) is 0 Å². The summed E-state index contributed by atoms with van der Waals surface area (Å²) >= 11 is 1.71. The second-order valence-corrected chi connectivity index (χ2v) is 8.54. The molecule has 0 atom stereocenters. The van der Waals surface area contributed by atoms with Crippen LogP contribution in [0.15, 0.2) is 48.8 Å². The third kappa shape index (κ3) is 4.02. The molecule has 0 unspecified atom stereocenters. The van der Waals surface area contributed by atoms with Crippen molar-refractivity contribution in [2.24, 2.45) is 5.92 Å². The van der Waals surface area contributed by atoms with E-state index in [0.717, 1.165) is 28.5 Å². The first-order valence-electron chi connectivity index (χ1n) is 9.40. The van der Waals surface area contributed by atoms with Crippen LogP contribution in [0.25, 0.3) is 21.1 Å². The number of benzene rings is 1. The minimum atomic E-state index is 0.654. The highest BCUT2D eigenvalue weighted by atomic mass is 32.1. The summed E-state index contributed by atoms with van der Waals surface area (Å²) in [5, 5.41) is 1.06. The molecule has 0 saturated carbocycles. The molecule has 3 heterocycles. The third-order valence-corrected chi connectivity index (χ3v) is 5.85. The van der Waals surface area contributed by atoms with Crippen molar-refractivity contribution in [3.8, 4) is 21.1 Å². The minimum absolute atomic E-state index is 0.654. The van der Waals surface area contributed by atoms with Crippen molar-refractivity contribution in [1.82, 2.24) is 14.9 Å². The van der Waals surface area contributed by atoms with Crippen LogP contribution in [0.3, 0.4) is 0 Å². The lowest BCUT2D eigenvalue weighted by Crippen LogP contribution is -2.36. The standard InChI is InChI=1S/C22H25N3S/c1-16(2)12-18-6-9-20(23-13-18)21-14-24-22(26-21)19-7-4-17(5-8-19)15-25-10-3-11-25/h4-9,13-14,16H,3,10-12,15H2,1-2H3. The monoisotopic (exact) mass is 363 g/mol. The molecule has 0 amide bonds. The van der Waals surface area contributed by atoms with Gasteiger partial charge in [0.15, 0.2) is 0 Å². The molecule has 4 heteroatoms. The van der Waals surface area contributed by atoms with Gasteiger partial charge in [-0.25, -0.2) is 4.98 Å². The predicted octanol–water partition coefficient (Wildman–Crippen LogP) is 5.28. The Morgan fingerprint density at radius 1 is 0.962 bits per heavy atom. The molecule has 0 radical (unpaired) electrons. The van der Waals surface area contributed by atoms with Crippen LogP contribution in [0, 0.1) is 5.92 Å². The molecule has 1 aliphatic rings. The van der Waals surface area contributed by atoms with Gasteiger partial charge >= 0.3 is 0 Å². The zero-order valence-corrected chi connectivity index (χ0v) is 16.3. The first kappa shape index (κ1) is 17.4. The van der Waals surface area contributed by atoms with E-state index in [4.69, 9.17) is 0 Å². The highest BCUT2D eigenvalue weighted by molar-refractivity contribution is 7.18. The number of nitrogens with zero attached hydrogens (tertiary/aromatic N) is 3. The average molecular weight is 364 g/mol. The predicted molar refractivity (Wildman–Crippen MR) is 109 cm³/mol. The van der Waals surface area contributed by atoms with Crippen molar-refractivity contribution < 1.29 is 0 Å². The molecule has 3 aromatic rings. The van der Waals surface area contributed by atoms with Gasteiger partial charge in [-0.1, -0.05) is 44.2 Å². The molecule has 4 rings (SSSR count). The molecule has 26 heavy (non-hydrogen) atoms. The Morgan fingerprint density at radius 3 is 2.35 bits per heavy atom. The van der Waals surface area contributed by atoms with Crippen LogP contribution in [-0.4, -0.2) is 28.0 Å². The summed E-state index contributed by atoms with van der Waals surface area (Å²) in [4.78, 5) is 12.9. The maximum Gasteiger partial charge on any atom is 0.123 e. The number of pyridine rings is 1. The van der Waals surface area contributed by atoms with Crippen LogP contribution in [-0.2, 0) is 13.0 Å². The second-order valence-electron chi connectivity index (χ2n) is 7.51. The molecule has 1 fully saturated rings. The first-order chi connectivity index (χ1) is 12.7. The Bertz CT molecular complexity index is 846. The van der Waals surface area contributed by atoms with Crippen molar-refractivity contribution in [1.29, 1.82) is 0 Å². The van der Waals surface area contributed by atoms with Crippen LogP contribution in [0.2, 0.25) is 0 Å². The second kappa shape index (κ2) is 7.68. The van der Waals surface area contributed by atoms with Gasteiger partial charge in [0, 0.05) is 24.5 Å². The first-order valence-corrected chi connectivity index (χ1v) is 10.2. The molecular formula is C22H25N3S. The van der Waals surface area contributed by atoms with Gasteiger partial charge in [0.05, 0.1) is 10.6 Å². The van der Waals surface area contributed by atoms with Crippen LogP contribution in [0.1, 0.15) is 31.4 Å². The molecule has 1 aliphatic heterocycles. The summed E-state index contributed by atoms with van der Waals surface area (Å²) in [5.74, 6) is 0.654. The molecule has 1 saturated heterocycles. The van der Waals surface area contributed by atoms with Crippen molar-refractivity contribution in [2.45, 2.75) is 33.2 Å². The quantitative estimate of drug-likeness (QED) is 0.597. The molecular weight excluding hydrogens is 338 g/mol. The van der Waals surface area contributed by atoms with E-state index in [0.29, 0.717) is 5.92 Å². The molecule has 3 nitrogen and oxygen atoms in total. The van der Waals surface area contributed by atoms with Gasteiger partial charge in [0.2, 0.25) is 0 Å². The Kier molecular flexibility index (Phi) is 5.14. The Balaban J connectivity index is 1.46. The van der Waals surface area contributed by atoms with Gasteiger partial charge in [-0.05, 0) is 49.0 Å². The SMILES string of the molecule is CC(C)Cc1ccc(-c2cnc(-c3ccc(CN4CCC4)cc3)s2)nc1. The number of thiazole rings is 1. The maximum absolute atomic E-state index is 4.64. The maximum atomic E-state index is 4.64. The van der Waals surface area contributed by atoms with Crippen molar-refractivity contribution >= 4 is 11.3 Å². The van der Waals surface area contributed by atoms with Crippen LogP contribution >= 0.6 is 11.3 Å². The molecule has 2 aromatic heterocycles. The number of rotatable bonds is 6. The summed E-state index contributed by atoms with van der Waals surface area (Å²) in [5.41, 5.74) is 4.87. The smallest absolute Gasteiger partial charge is 0.123 e. The van der Waals surface area contributed by atoms with Gasteiger partial charge in [0.1, 0.15) is 5.01 Å². The lowest BCUT2D eigenvalue weighted by atomic mass is 10.0. The van der Waals surface area contributed by atoms with E-state index in [1.54, 1.807) is 11.3 Å². The summed E-state index contributed by atoms with van der Waals surface area (Å²) < 4.78 is 0. The van der Waals surface area contributed by atoms with E-state index in [9.17, 15) is 0 Å². The Labute approximate surface area is 159 Å². The molecule has 0 bridgehead atoms. The van der Waals surface area contributed by atoms with Crippen molar-refractivity contribution in [3.63, 3.8) is 0 Å². The van der Waals surface area contributed by atoms with Crippen LogP contribution in [0.4, 0.5) is 0 Å². The fraction of sp³-hybridized carbons (Fsp3) is 0.364. The molecule has 0 spiro atoms. The van der Waals surface area contributed by atoms with E-state index in [1.165, 1.54) is 36.2 Å². The molecule has 1 aromatic carbocycles. The van der Waals surface area contributed by atoms with E-state index >= 15 is 0 Å². The van der Waals surface area contributed by atoms with Gasteiger partial charge in [0.25, 0.3) is 0 Å². The minimum Gasteiger partial charge on any atom is -0.299 e. The third-order valence-electron chi connectivity index (χ3n) is 4.78. The van der Waals surface area contributed by atoms with Crippen molar-refractivity contribution in [2.75, 3.05) is 13.1 Å². The summed E-state index contributed by atoms with van der Waals surface area (Å²) in [6.45, 7) is 8.01. The zero-order chi connectivity index (χ0) is 17.9. The molecule has 0 N–H and O–H groups in total. The highest BCUT2D eigenvalue weighted by Crippen LogP contribution is 2.31.